The van der Waals surface area contributed by atoms with Gasteiger partial charge in [-0.05, 0) is 74.0 Å². The van der Waals surface area contributed by atoms with Gasteiger partial charge in [0.15, 0.2) is 0 Å². The maximum atomic E-state index is 12.8. The zero-order valence-corrected chi connectivity index (χ0v) is 18.3. The molecule has 5 nitrogen and oxygen atoms in total. The number of carbonyl (C=O) groups is 1. The Balaban J connectivity index is 1.69. The van der Waals surface area contributed by atoms with E-state index in [1.165, 1.54) is 37.1 Å². The van der Waals surface area contributed by atoms with Crippen LogP contribution in [-0.2, 0) is 14.8 Å². The van der Waals surface area contributed by atoms with Gasteiger partial charge in [0.1, 0.15) is 4.90 Å². The fraction of sp³-hybridized carbons (Fsp3) is 0.476. The quantitative estimate of drug-likeness (QED) is 0.428. The Morgan fingerprint density at radius 2 is 1.76 bits per heavy atom. The Bertz CT molecular complexity index is 905. The van der Waals surface area contributed by atoms with Crippen molar-refractivity contribution in [3.05, 3.63) is 52.5 Å². The van der Waals surface area contributed by atoms with E-state index in [1.807, 2.05) is 6.08 Å². The fourth-order valence-corrected chi connectivity index (χ4v) is 6.66. The summed E-state index contributed by atoms with van der Waals surface area (Å²) in [5, 5.41) is 9.16. The molecular weight excluding hydrogens is 433 g/mol. The van der Waals surface area contributed by atoms with Gasteiger partial charge < -0.3 is 5.11 Å². The van der Waals surface area contributed by atoms with E-state index in [1.54, 1.807) is 6.08 Å². The van der Waals surface area contributed by atoms with Crippen molar-refractivity contribution >= 4 is 39.2 Å². The molecule has 0 aliphatic heterocycles. The fourth-order valence-electron chi connectivity index (χ4n) is 4.81. The molecule has 2 atom stereocenters. The van der Waals surface area contributed by atoms with Gasteiger partial charge in [0.2, 0.25) is 10.0 Å². The lowest BCUT2D eigenvalue weighted by molar-refractivity contribution is -0.131. The molecule has 0 aromatic heterocycles. The Kier molecular flexibility index (Phi) is 7.43. The molecule has 8 heteroatoms. The van der Waals surface area contributed by atoms with Gasteiger partial charge in [-0.15, -0.1) is 0 Å². The average molecular weight is 458 g/mol. The Hall–Kier alpha value is -1.34. The van der Waals surface area contributed by atoms with Crippen LogP contribution in [0, 0.1) is 23.7 Å². The monoisotopic (exact) mass is 457 g/mol. The van der Waals surface area contributed by atoms with Gasteiger partial charge in [-0.3, -0.25) is 0 Å². The number of hydrogen-bond donors (Lipinski definition) is 2. The summed E-state index contributed by atoms with van der Waals surface area (Å²) in [7, 11) is -3.72. The summed E-state index contributed by atoms with van der Waals surface area (Å²) >= 11 is 12.0. The van der Waals surface area contributed by atoms with Crippen LogP contribution >= 0.6 is 23.2 Å². The smallest absolute Gasteiger partial charge is 0.328 e. The number of benzene rings is 1. The van der Waals surface area contributed by atoms with Gasteiger partial charge in [-0.2, -0.15) is 0 Å². The second kappa shape index (κ2) is 9.65. The zero-order valence-electron chi connectivity index (χ0n) is 15.9. The maximum Gasteiger partial charge on any atom is 0.328 e. The molecule has 1 aromatic carbocycles. The second-order valence-corrected chi connectivity index (χ2v) is 10.4. The molecule has 1 aromatic rings. The van der Waals surface area contributed by atoms with Crippen molar-refractivity contribution in [1.29, 1.82) is 0 Å². The second-order valence-electron chi connectivity index (χ2n) is 7.79. The number of carboxylic acids is 1. The number of fused-ring (bicyclic) bond motifs is 3. The highest BCUT2D eigenvalue weighted by molar-refractivity contribution is 7.89. The average Bonchev–Trinajstić information content (AvgIpc) is 2.67. The van der Waals surface area contributed by atoms with Crippen molar-refractivity contribution < 1.29 is 18.3 Å². The van der Waals surface area contributed by atoms with Crippen molar-refractivity contribution in [2.24, 2.45) is 23.7 Å². The Morgan fingerprint density at radius 1 is 1.10 bits per heavy atom. The van der Waals surface area contributed by atoms with E-state index in [4.69, 9.17) is 28.3 Å². The number of allylic oxidation sites excluding steroid dienone is 3. The Morgan fingerprint density at radius 3 is 2.38 bits per heavy atom. The molecule has 0 amide bonds. The van der Waals surface area contributed by atoms with Gasteiger partial charge in [0.25, 0.3) is 0 Å². The summed E-state index contributed by atoms with van der Waals surface area (Å²) in [6, 6.07) is 4.37. The van der Waals surface area contributed by atoms with E-state index in [9.17, 15) is 13.2 Å². The van der Waals surface area contributed by atoms with Crippen molar-refractivity contribution in [2.45, 2.75) is 37.0 Å². The minimum atomic E-state index is -3.72. The van der Waals surface area contributed by atoms with Gasteiger partial charge in [0, 0.05) is 17.6 Å². The molecule has 0 radical (unpaired) electrons. The van der Waals surface area contributed by atoms with E-state index in [0.717, 1.165) is 25.3 Å². The van der Waals surface area contributed by atoms with Crippen LogP contribution in [0.15, 0.2) is 47.4 Å². The lowest BCUT2D eigenvalue weighted by Gasteiger charge is -2.48. The standard InChI is InChI=1S/C21H25Cl2NO4S/c22-16-10-11-20(19(23)12-16)29(27,28)24-13-18-15-8-6-14(7-9-15)17(18)4-2-1-3-5-21(25)26/h1-3,5,10-12,14-15,17-18,24H,4,6-9,13H2,(H,25,26)/b2-1?,5-3+/t14?,15?,17-,18-/m0/s1. The topological polar surface area (TPSA) is 83.5 Å². The first-order chi connectivity index (χ1) is 13.8. The van der Waals surface area contributed by atoms with Crippen LogP contribution < -0.4 is 4.72 Å². The predicted octanol–water partition coefficient (Wildman–Crippen LogP) is 4.91. The third-order valence-electron chi connectivity index (χ3n) is 6.16. The molecule has 3 aliphatic carbocycles. The van der Waals surface area contributed by atoms with Crippen molar-refractivity contribution in [3.8, 4) is 0 Å². The van der Waals surface area contributed by atoms with E-state index in [-0.39, 0.29) is 15.8 Å². The van der Waals surface area contributed by atoms with Crippen molar-refractivity contribution in [1.82, 2.24) is 4.72 Å². The molecule has 4 rings (SSSR count). The summed E-state index contributed by atoms with van der Waals surface area (Å²) in [5.41, 5.74) is 0. The Labute approximate surface area is 181 Å². The normalized spacial score (nSPS) is 27.1. The van der Waals surface area contributed by atoms with Crippen LogP contribution in [0.4, 0.5) is 0 Å². The molecule has 29 heavy (non-hydrogen) atoms. The molecule has 158 valence electrons. The highest BCUT2D eigenvalue weighted by Gasteiger charge is 2.43. The number of sulfonamides is 1. The molecule has 2 N–H and O–H groups in total. The minimum Gasteiger partial charge on any atom is -0.478 e. The summed E-state index contributed by atoms with van der Waals surface area (Å²) in [6.07, 6.45) is 11.8. The van der Waals surface area contributed by atoms with E-state index in [2.05, 4.69) is 4.72 Å². The first kappa shape index (κ1) is 22.3. The molecule has 3 fully saturated rings. The first-order valence-electron chi connectivity index (χ1n) is 9.79. The third-order valence-corrected chi connectivity index (χ3v) is 8.31. The highest BCUT2D eigenvalue weighted by atomic mass is 35.5. The molecular formula is C21H25Cl2NO4S. The SMILES string of the molecule is O=C(O)/C=C/C=CC[C@H]1C2CCC(CC2)[C@@H]1CNS(=O)(=O)c1ccc(Cl)cc1Cl. The molecule has 0 saturated heterocycles. The van der Waals surface area contributed by atoms with E-state index < -0.39 is 16.0 Å². The molecule has 2 bridgehead atoms. The number of halogens is 2. The van der Waals surface area contributed by atoms with Crippen LogP contribution in [0.5, 0.6) is 0 Å². The van der Waals surface area contributed by atoms with Crippen LogP contribution in [0.2, 0.25) is 10.0 Å². The summed E-state index contributed by atoms with van der Waals surface area (Å²) in [6.45, 7) is 0.381. The zero-order chi connectivity index (χ0) is 21.0. The molecule has 0 spiro atoms. The number of carboxylic acid groups (broad SMARTS) is 1. The van der Waals surface area contributed by atoms with Crippen molar-refractivity contribution in [3.63, 3.8) is 0 Å². The number of aliphatic carboxylic acids is 1. The summed E-state index contributed by atoms with van der Waals surface area (Å²) in [4.78, 5) is 10.6. The van der Waals surface area contributed by atoms with Gasteiger partial charge in [-0.25, -0.2) is 17.9 Å². The number of hydrogen-bond acceptors (Lipinski definition) is 3. The minimum absolute atomic E-state index is 0.0415. The van der Waals surface area contributed by atoms with Crippen LogP contribution in [0.1, 0.15) is 32.1 Å². The lowest BCUT2D eigenvalue weighted by Crippen LogP contribution is -2.45. The summed E-state index contributed by atoms with van der Waals surface area (Å²) in [5.74, 6) is 0.773. The molecule has 3 aliphatic rings. The van der Waals surface area contributed by atoms with Crippen molar-refractivity contribution in [2.75, 3.05) is 6.54 Å². The number of rotatable bonds is 8. The molecule has 0 heterocycles. The maximum absolute atomic E-state index is 12.8. The molecule has 0 unspecified atom stereocenters. The van der Waals surface area contributed by atoms with Crippen LogP contribution in [-0.4, -0.2) is 26.0 Å². The summed E-state index contributed by atoms with van der Waals surface area (Å²) < 4.78 is 28.3. The third kappa shape index (κ3) is 5.63. The van der Waals surface area contributed by atoms with Gasteiger partial charge in [-0.1, -0.05) is 41.4 Å². The predicted molar refractivity (Wildman–Crippen MR) is 115 cm³/mol. The van der Waals surface area contributed by atoms with Crippen LogP contribution in [0.25, 0.3) is 0 Å². The van der Waals surface area contributed by atoms with Crippen LogP contribution in [0.3, 0.4) is 0 Å². The van der Waals surface area contributed by atoms with E-state index >= 15 is 0 Å². The van der Waals surface area contributed by atoms with E-state index in [0.29, 0.717) is 29.3 Å². The number of nitrogens with one attached hydrogen (secondary N) is 1. The van der Waals surface area contributed by atoms with Gasteiger partial charge >= 0.3 is 5.97 Å². The largest absolute Gasteiger partial charge is 0.478 e. The molecule has 3 saturated carbocycles. The van der Waals surface area contributed by atoms with Gasteiger partial charge in [0.05, 0.1) is 5.02 Å². The lowest BCUT2D eigenvalue weighted by atomic mass is 9.58. The highest BCUT2D eigenvalue weighted by Crippen LogP contribution is 2.50. The first-order valence-corrected chi connectivity index (χ1v) is 12.0.